The summed E-state index contributed by atoms with van der Waals surface area (Å²) in [5.74, 6) is -2.56. The van der Waals surface area contributed by atoms with Gasteiger partial charge in [-0.2, -0.15) is 0 Å². The molecule has 15 nitrogen and oxygen atoms in total. The largest absolute Gasteiger partial charge is 0.471 e. The molecular formula is C39H54N6O9S. The van der Waals surface area contributed by atoms with Crippen molar-refractivity contribution in [1.82, 2.24) is 30.0 Å². The van der Waals surface area contributed by atoms with Crippen molar-refractivity contribution in [2.75, 3.05) is 6.54 Å². The van der Waals surface area contributed by atoms with E-state index in [9.17, 15) is 32.4 Å². The van der Waals surface area contributed by atoms with Crippen molar-refractivity contribution in [3.8, 4) is 5.88 Å². The lowest BCUT2D eigenvalue weighted by molar-refractivity contribution is -0.142. The van der Waals surface area contributed by atoms with Crippen molar-refractivity contribution in [2.45, 2.75) is 134 Å². The van der Waals surface area contributed by atoms with Crippen LogP contribution in [0.15, 0.2) is 41.2 Å². The fourth-order valence-corrected chi connectivity index (χ4v) is 9.01. The van der Waals surface area contributed by atoms with Gasteiger partial charge in [0, 0.05) is 18.9 Å². The molecule has 0 spiro atoms. The van der Waals surface area contributed by atoms with Crippen molar-refractivity contribution in [3.05, 3.63) is 46.8 Å². The second kappa shape index (κ2) is 14.9. The average Bonchev–Trinajstić information content (AvgIpc) is 3.99. The van der Waals surface area contributed by atoms with Gasteiger partial charge in [-0.3, -0.25) is 23.9 Å². The molecule has 2 saturated carbocycles. The molecule has 3 N–H and O–H groups in total. The van der Waals surface area contributed by atoms with Crippen LogP contribution in [-0.2, 0) is 35.7 Å². The molecule has 55 heavy (non-hydrogen) atoms. The zero-order chi connectivity index (χ0) is 40.1. The van der Waals surface area contributed by atoms with Crippen LogP contribution in [0.4, 0.5) is 4.79 Å². The standard InChI is InChI=1S/C39H54N6O9S/c1-8-45-33(47)28-16-12-11-15-27(28)32(42-45)53-26-20-29-31(46)41-39(35(49)43-55(51,52)38(7)17-18-38)21-25(39)14-10-9-13-23(2)19-24(3)30(34(48)44(29)22-26)40-36(50)54-37(4,5)6/h10-12,14-16,23-26,29-30H,8-9,13,17-22H2,1-7H3,(H,40,50)(H,41,46)(H,43,49)/b14-10-/t23-,24+,25+,26+,29-,30-,39+/m0/s1. The number of aryl methyl sites for hydroxylation is 1. The summed E-state index contributed by atoms with van der Waals surface area (Å²) >= 11 is 0. The van der Waals surface area contributed by atoms with E-state index in [0.29, 0.717) is 36.5 Å². The summed E-state index contributed by atoms with van der Waals surface area (Å²) in [5.41, 5.74) is -2.68. The van der Waals surface area contributed by atoms with E-state index in [1.54, 1.807) is 58.9 Å². The van der Waals surface area contributed by atoms with E-state index in [1.165, 1.54) is 9.58 Å². The number of ether oxygens (including phenoxy) is 2. The minimum atomic E-state index is -4.01. The van der Waals surface area contributed by atoms with E-state index in [1.807, 2.05) is 19.1 Å². The monoisotopic (exact) mass is 782 g/mol. The Morgan fingerprint density at radius 1 is 1.07 bits per heavy atom. The number of aromatic nitrogens is 2. The first kappa shape index (κ1) is 40.2. The van der Waals surface area contributed by atoms with Crippen LogP contribution in [0.3, 0.4) is 0 Å². The van der Waals surface area contributed by atoms with Gasteiger partial charge in [0.15, 0.2) is 0 Å². The highest BCUT2D eigenvalue weighted by atomic mass is 32.2. The second-order valence-electron chi connectivity index (χ2n) is 17.1. The first-order chi connectivity index (χ1) is 25.8. The molecule has 1 aromatic carbocycles. The summed E-state index contributed by atoms with van der Waals surface area (Å²) in [5, 5.41) is 11.0. The summed E-state index contributed by atoms with van der Waals surface area (Å²) in [4.78, 5) is 70.8. The van der Waals surface area contributed by atoms with Crippen molar-refractivity contribution in [2.24, 2.45) is 17.8 Å². The minimum absolute atomic E-state index is 0.0165. The zero-order valence-corrected chi connectivity index (χ0v) is 33.5. The molecule has 4 aliphatic rings. The van der Waals surface area contributed by atoms with E-state index < -0.39 is 73.8 Å². The molecule has 1 saturated heterocycles. The third-order valence-corrected chi connectivity index (χ3v) is 13.5. The van der Waals surface area contributed by atoms with E-state index in [0.717, 1.165) is 6.42 Å². The Kier molecular flexibility index (Phi) is 10.9. The summed E-state index contributed by atoms with van der Waals surface area (Å²) in [6, 6.07) is 4.64. The molecule has 3 fully saturated rings. The van der Waals surface area contributed by atoms with Crippen LogP contribution in [0.2, 0.25) is 0 Å². The third kappa shape index (κ3) is 8.38. The summed E-state index contributed by atoms with van der Waals surface area (Å²) in [6.07, 6.45) is 5.24. The number of sulfonamides is 1. The van der Waals surface area contributed by atoms with Gasteiger partial charge in [0.25, 0.3) is 11.5 Å². The Hall–Kier alpha value is -4.47. The predicted molar refractivity (Wildman–Crippen MR) is 204 cm³/mol. The topological polar surface area (TPSA) is 195 Å². The maximum Gasteiger partial charge on any atom is 0.408 e. The van der Waals surface area contributed by atoms with Crippen LogP contribution >= 0.6 is 0 Å². The van der Waals surface area contributed by atoms with Gasteiger partial charge in [0.05, 0.1) is 22.1 Å². The molecule has 2 aliphatic heterocycles. The summed E-state index contributed by atoms with van der Waals surface area (Å²) in [6.45, 7) is 12.7. The number of amides is 4. The number of nitrogens with one attached hydrogen (secondary N) is 3. The highest BCUT2D eigenvalue weighted by Crippen LogP contribution is 2.47. The maximum atomic E-state index is 14.8. The molecule has 0 radical (unpaired) electrons. The van der Waals surface area contributed by atoms with Gasteiger partial charge in [-0.05, 0) is 97.1 Å². The fraction of sp³-hybridized carbons (Fsp3) is 0.641. The van der Waals surface area contributed by atoms with Gasteiger partial charge in [-0.25, -0.2) is 17.9 Å². The van der Waals surface area contributed by atoms with Gasteiger partial charge in [0.2, 0.25) is 27.7 Å². The van der Waals surface area contributed by atoms with Gasteiger partial charge < -0.3 is 25.0 Å². The van der Waals surface area contributed by atoms with Crippen LogP contribution in [0.5, 0.6) is 5.88 Å². The van der Waals surface area contributed by atoms with Gasteiger partial charge in [-0.1, -0.05) is 38.1 Å². The van der Waals surface area contributed by atoms with Crippen molar-refractivity contribution >= 4 is 44.6 Å². The average molecular weight is 783 g/mol. The fourth-order valence-electron chi connectivity index (χ4n) is 7.69. The lowest BCUT2D eigenvalue weighted by Crippen LogP contribution is -2.59. The van der Waals surface area contributed by atoms with Crippen LogP contribution < -0.4 is 25.7 Å². The number of rotatable bonds is 7. The van der Waals surface area contributed by atoms with Gasteiger partial charge in [0.1, 0.15) is 29.3 Å². The Labute approximate surface area is 322 Å². The van der Waals surface area contributed by atoms with E-state index in [2.05, 4.69) is 27.4 Å². The molecule has 3 heterocycles. The lowest BCUT2D eigenvalue weighted by atomic mass is 9.88. The molecule has 2 aliphatic carbocycles. The smallest absolute Gasteiger partial charge is 0.408 e. The molecule has 6 rings (SSSR count). The van der Waals surface area contributed by atoms with E-state index >= 15 is 0 Å². The number of nitrogens with zero attached hydrogens (tertiary/aromatic N) is 3. The zero-order valence-electron chi connectivity index (χ0n) is 32.7. The molecule has 300 valence electrons. The number of carbonyl (C=O) groups is 4. The van der Waals surface area contributed by atoms with Crippen LogP contribution in [0, 0.1) is 17.8 Å². The lowest BCUT2D eigenvalue weighted by Gasteiger charge is -2.33. The Bertz CT molecular complexity index is 2060. The van der Waals surface area contributed by atoms with Gasteiger partial charge in [-0.15, -0.1) is 5.10 Å². The molecule has 7 atom stereocenters. The van der Waals surface area contributed by atoms with Crippen molar-refractivity contribution in [1.29, 1.82) is 0 Å². The van der Waals surface area contributed by atoms with Crippen LogP contribution in [-0.4, -0.2) is 87.5 Å². The maximum absolute atomic E-state index is 14.8. The SMILES string of the molecule is CCn1nc(O[C@@H]2C[C@H]3C(=O)N[C@]4(C(=O)NS(=O)(=O)C5(C)CC5)C[C@H]4/C=C\CC[C@H](C)C[C@@H](C)[C@H](NC(=O)OC(C)(C)C)C(=O)N3C2)c2ccccc2c1=O. The Morgan fingerprint density at radius 3 is 2.42 bits per heavy atom. The van der Waals surface area contributed by atoms with E-state index in [4.69, 9.17) is 9.47 Å². The van der Waals surface area contributed by atoms with Crippen molar-refractivity contribution < 1.29 is 37.1 Å². The minimum Gasteiger partial charge on any atom is -0.471 e. The molecule has 0 bridgehead atoms. The molecule has 2 aromatic rings. The van der Waals surface area contributed by atoms with Crippen LogP contribution in [0.1, 0.15) is 93.4 Å². The number of fused-ring (bicyclic) bond motifs is 3. The molecule has 16 heteroatoms. The van der Waals surface area contributed by atoms with E-state index in [-0.39, 0.29) is 49.2 Å². The second-order valence-corrected chi connectivity index (χ2v) is 19.3. The molecular weight excluding hydrogens is 729 g/mol. The third-order valence-electron chi connectivity index (χ3n) is 11.3. The van der Waals surface area contributed by atoms with Crippen LogP contribution in [0.25, 0.3) is 10.8 Å². The quantitative estimate of drug-likeness (QED) is 0.350. The number of allylic oxidation sites excluding steroid dienone is 1. The number of hydrogen-bond acceptors (Lipinski definition) is 10. The number of alkyl carbamates (subject to hydrolysis) is 1. The number of carbonyl (C=O) groups excluding carboxylic acids is 4. The Balaban J connectivity index is 1.37. The summed E-state index contributed by atoms with van der Waals surface area (Å²) < 4.78 is 40.9. The first-order valence-corrected chi connectivity index (χ1v) is 20.8. The highest BCUT2D eigenvalue weighted by Gasteiger charge is 2.63. The number of hydrogen-bond donors (Lipinski definition) is 3. The highest BCUT2D eigenvalue weighted by molar-refractivity contribution is 7.91. The molecule has 1 aromatic heterocycles. The Morgan fingerprint density at radius 2 is 1.76 bits per heavy atom. The number of benzene rings is 1. The van der Waals surface area contributed by atoms with Crippen molar-refractivity contribution in [3.63, 3.8) is 0 Å². The molecule has 4 amide bonds. The normalized spacial score (nSPS) is 30.1. The predicted octanol–water partition coefficient (Wildman–Crippen LogP) is 3.54. The summed E-state index contributed by atoms with van der Waals surface area (Å²) in [7, 11) is -4.01. The van der Waals surface area contributed by atoms with Gasteiger partial charge >= 0.3 is 6.09 Å². The first-order valence-electron chi connectivity index (χ1n) is 19.3. The molecule has 0 unspecified atom stereocenters.